The first-order chi connectivity index (χ1) is 11.7. The SMILES string of the molecule is CC(C)(C)OC(=O)N1CCC2(CC1)CC(Nc1cc(F)ccc1F)C2. The number of ether oxygens (including phenoxy) is 1. The predicted octanol–water partition coefficient (Wildman–Crippen LogP) is 4.56. The van der Waals surface area contributed by atoms with Crippen LogP contribution in [0.15, 0.2) is 18.2 Å². The summed E-state index contributed by atoms with van der Waals surface area (Å²) in [5.74, 6) is -0.870. The van der Waals surface area contributed by atoms with Gasteiger partial charge in [0.1, 0.15) is 17.2 Å². The second-order valence-electron chi connectivity index (χ2n) is 8.34. The number of likely N-dealkylation sites (tertiary alicyclic amines) is 1. The zero-order chi connectivity index (χ0) is 18.2. The summed E-state index contributed by atoms with van der Waals surface area (Å²) in [4.78, 5) is 13.9. The highest BCUT2D eigenvalue weighted by Gasteiger charge is 2.46. The molecule has 1 N–H and O–H groups in total. The molecule has 2 fully saturated rings. The lowest BCUT2D eigenvalue weighted by atomic mass is 9.60. The third kappa shape index (κ3) is 4.22. The van der Waals surface area contributed by atoms with Crippen LogP contribution in [0.25, 0.3) is 0 Å². The number of halogens is 2. The molecule has 0 bridgehead atoms. The van der Waals surface area contributed by atoms with Crippen LogP contribution >= 0.6 is 0 Å². The number of rotatable bonds is 2. The number of hydrogen-bond donors (Lipinski definition) is 1. The van der Waals surface area contributed by atoms with Crippen molar-refractivity contribution in [3.8, 4) is 0 Å². The Balaban J connectivity index is 1.48. The summed E-state index contributed by atoms with van der Waals surface area (Å²) < 4.78 is 32.4. The Kier molecular flexibility index (Phi) is 4.64. The normalized spacial score (nSPS) is 20.3. The molecule has 0 aromatic heterocycles. The summed E-state index contributed by atoms with van der Waals surface area (Å²) in [6.07, 6.45) is 3.45. The number of nitrogens with one attached hydrogen (secondary N) is 1. The standard InChI is InChI=1S/C19H26F2N2O2/c1-18(2,3)25-17(24)23-8-6-19(7-9-23)11-14(12-19)22-16-10-13(20)4-5-15(16)21/h4-5,10,14,22H,6-9,11-12H2,1-3H3. The number of benzene rings is 1. The van der Waals surface area contributed by atoms with E-state index in [1.165, 1.54) is 6.07 Å². The number of amides is 1. The van der Waals surface area contributed by atoms with E-state index >= 15 is 0 Å². The minimum Gasteiger partial charge on any atom is -0.444 e. The Morgan fingerprint density at radius 1 is 1.24 bits per heavy atom. The number of carbonyl (C=O) groups is 1. The monoisotopic (exact) mass is 352 g/mol. The molecule has 2 aliphatic rings. The highest BCUT2D eigenvalue weighted by molar-refractivity contribution is 5.68. The summed E-state index contributed by atoms with van der Waals surface area (Å²) in [6.45, 7) is 6.98. The van der Waals surface area contributed by atoms with Gasteiger partial charge in [-0.15, -0.1) is 0 Å². The topological polar surface area (TPSA) is 41.6 Å². The molecule has 0 unspecified atom stereocenters. The van der Waals surface area contributed by atoms with E-state index in [4.69, 9.17) is 4.74 Å². The summed E-state index contributed by atoms with van der Waals surface area (Å²) >= 11 is 0. The van der Waals surface area contributed by atoms with Crippen LogP contribution in [-0.4, -0.2) is 35.7 Å². The second-order valence-corrected chi connectivity index (χ2v) is 8.34. The van der Waals surface area contributed by atoms with Crippen LogP contribution in [0, 0.1) is 17.0 Å². The molecule has 1 aliphatic carbocycles. The number of carbonyl (C=O) groups excluding carboxylic acids is 1. The summed E-state index contributed by atoms with van der Waals surface area (Å²) in [7, 11) is 0. The van der Waals surface area contributed by atoms with Crippen LogP contribution in [0.5, 0.6) is 0 Å². The number of anilines is 1. The van der Waals surface area contributed by atoms with Gasteiger partial charge >= 0.3 is 6.09 Å². The van der Waals surface area contributed by atoms with Crippen LogP contribution < -0.4 is 5.32 Å². The van der Waals surface area contributed by atoms with Crippen LogP contribution in [-0.2, 0) is 4.74 Å². The van der Waals surface area contributed by atoms with Gasteiger partial charge in [-0.3, -0.25) is 0 Å². The van der Waals surface area contributed by atoms with E-state index in [1.807, 2.05) is 20.8 Å². The summed E-state index contributed by atoms with van der Waals surface area (Å²) in [5, 5.41) is 3.10. The molecule has 4 nitrogen and oxygen atoms in total. The maximum absolute atomic E-state index is 13.7. The van der Waals surface area contributed by atoms with Crippen molar-refractivity contribution in [1.82, 2.24) is 4.90 Å². The van der Waals surface area contributed by atoms with Crippen molar-refractivity contribution >= 4 is 11.8 Å². The van der Waals surface area contributed by atoms with Gasteiger partial charge in [-0.05, 0) is 70.1 Å². The number of hydrogen-bond acceptors (Lipinski definition) is 3. The van der Waals surface area contributed by atoms with Crippen molar-refractivity contribution in [2.75, 3.05) is 18.4 Å². The lowest BCUT2D eigenvalue weighted by Gasteiger charge is -2.52. The number of piperidine rings is 1. The zero-order valence-electron chi connectivity index (χ0n) is 15.1. The first-order valence-corrected chi connectivity index (χ1v) is 8.85. The van der Waals surface area contributed by atoms with Crippen molar-refractivity contribution in [2.45, 2.75) is 58.1 Å². The summed E-state index contributed by atoms with van der Waals surface area (Å²) in [5.41, 5.74) is -0.0433. The van der Waals surface area contributed by atoms with Gasteiger partial charge < -0.3 is 15.0 Å². The maximum atomic E-state index is 13.7. The van der Waals surface area contributed by atoms with E-state index in [1.54, 1.807) is 4.90 Å². The van der Waals surface area contributed by atoms with E-state index in [-0.39, 0.29) is 23.2 Å². The third-order valence-electron chi connectivity index (χ3n) is 5.12. The third-order valence-corrected chi connectivity index (χ3v) is 5.12. The van der Waals surface area contributed by atoms with Crippen molar-refractivity contribution in [3.63, 3.8) is 0 Å². The Bertz CT molecular complexity index is 641. The molecule has 1 aromatic rings. The van der Waals surface area contributed by atoms with Crippen LogP contribution in [0.3, 0.4) is 0 Å². The number of nitrogens with zero attached hydrogens (tertiary/aromatic N) is 1. The molecule has 25 heavy (non-hydrogen) atoms. The van der Waals surface area contributed by atoms with Gasteiger partial charge in [-0.2, -0.15) is 0 Å². The van der Waals surface area contributed by atoms with Gasteiger partial charge in [0.2, 0.25) is 0 Å². The highest BCUT2D eigenvalue weighted by atomic mass is 19.1. The summed E-state index contributed by atoms with van der Waals surface area (Å²) in [6, 6.07) is 3.62. The molecular weight excluding hydrogens is 326 g/mol. The predicted molar refractivity (Wildman–Crippen MR) is 92.5 cm³/mol. The molecule has 1 aliphatic heterocycles. The first-order valence-electron chi connectivity index (χ1n) is 8.85. The Morgan fingerprint density at radius 2 is 1.88 bits per heavy atom. The first kappa shape index (κ1) is 18.0. The molecule has 1 saturated heterocycles. The fourth-order valence-corrected chi connectivity index (χ4v) is 3.81. The average molecular weight is 352 g/mol. The van der Waals surface area contributed by atoms with Crippen LogP contribution in [0.1, 0.15) is 46.5 Å². The van der Waals surface area contributed by atoms with Gasteiger partial charge in [-0.1, -0.05) is 0 Å². The van der Waals surface area contributed by atoms with Crippen LogP contribution in [0.4, 0.5) is 19.3 Å². The molecule has 1 aromatic carbocycles. The van der Waals surface area contributed by atoms with Crippen molar-refractivity contribution in [3.05, 3.63) is 29.8 Å². The average Bonchev–Trinajstić information content (AvgIpc) is 2.48. The van der Waals surface area contributed by atoms with Crippen LogP contribution in [0.2, 0.25) is 0 Å². The van der Waals surface area contributed by atoms with Crippen molar-refractivity contribution in [2.24, 2.45) is 5.41 Å². The molecule has 1 saturated carbocycles. The molecule has 1 spiro atoms. The minimum absolute atomic E-state index is 0.157. The van der Waals surface area contributed by atoms with Gasteiger partial charge in [0.15, 0.2) is 0 Å². The maximum Gasteiger partial charge on any atom is 0.410 e. The smallest absolute Gasteiger partial charge is 0.410 e. The molecule has 138 valence electrons. The minimum atomic E-state index is -0.479. The lowest BCUT2D eigenvalue weighted by molar-refractivity contribution is -0.00863. The lowest BCUT2D eigenvalue weighted by Crippen LogP contribution is -2.53. The van der Waals surface area contributed by atoms with Gasteiger partial charge in [0.05, 0.1) is 5.69 Å². The largest absolute Gasteiger partial charge is 0.444 e. The highest BCUT2D eigenvalue weighted by Crippen LogP contribution is 2.50. The zero-order valence-corrected chi connectivity index (χ0v) is 15.1. The molecule has 6 heteroatoms. The molecule has 1 amide bonds. The van der Waals surface area contributed by atoms with Gasteiger partial charge in [0, 0.05) is 19.1 Å². The Morgan fingerprint density at radius 3 is 2.48 bits per heavy atom. The molecule has 3 rings (SSSR count). The molecule has 0 radical (unpaired) electrons. The van der Waals surface area contributed by atoms with Crippen molar-refractivity contribution in [1.29, 1.82) is 0 Å². The van der Waals surface area contributed by atoms with E-state index in [9.17, 15) is 13.6 Å². The Labute approximate surface area is 147 Å². The van der Waals surface area contributed by atoms with E-state index in [2.05, 4.69) is 5.32 Å². The van der Waals surface area contributed by atoms with Gasteiger partial charge in [-0.25, -0.2) is 13.6 Å². The van der Waals surface area contributed by atoms with E-state index < -0.39 is 17.2 Å². The second kappa shape index (κ2) is 6.46. The van der Waals surface area contributed by atoms with E-state index in [0.29, 0.717) is 13.1 Å². The van der Waals surface area contributed by atoms with Gasteiger partial charge in [0.25, 0.3) is 0 Å². The van der Waals surface area contributed by atoms with Crippen molar-refractivity contribution < 1.29 is 18.3 Å². The quantitative estimate of drug-likeness (QED) is 0.848. The molecular formula is C19H26F2N2O2. The fourth-order valence-electron chi connectivity index (χ4n) is 3.81. The Hall–Kier alpha value is -1.85. The molecule has 1 heterocycles. The van der Waals surface area contributed by atoms with E-state index in [0.717, 1.165) is 37.8 Å². The molecule has 0 atom stereocenters. The fraction of sp³-hybridized carbons (Fsp3) is 0.632.